The van der Waals surface area contributed by atoms with Crippen LogP contribution in [0.25, 0.3) is 0 Å². The number of hydrogen-bond donors (Lipinski definition) is 2. The van der Waals surface area contributed by atoms with E-state index in [0.29, 0.717) is 6.04 Å². The first-order valence-electron chi connectivity index (χ1n) is 7.44. The van der Waals surface area contributed by atoms with Gasteiger partial charge in [-0.2, -0.15) is 0 Å². The number of pyridine rings is 1. The van der Waals surface area contributed by atoms with E-state index in [1.165, 1.54) is 29.6 Å². The number of carboxylic acid groups (broad SMARTS) is 1. The summed E-state index contributed by atoms with van der Waals surface area (Å²) < 4.78 is 0. The number of carbonyl (C=O) groups excluding carboxylic acids is 1. The molecule has 0 aliphatic carbocycles. The molecule has 0 aromatic carbocycles. The van der Waals surface area contributed by atoms with E-state index in [9.17, 15) is 9.59 Å². The summed E-state index contributed by atoms with van der Waals surface area (Å²) in [5.74, 6) is -1.27. The van der Waals surface area contributed by atoms with Crippen molar-refractivity contribution in [1.82, 2.24) is 4.98 Å². The molecule has 1 amide bonds. The van der Waals surface area contributed by atoms with Gasteiger partial charge in [0.15, 0.2) is 5.82 Å². The van der Waals surface area contributed by atoms with Gasteiger partial charge in [-0.3, -0.25) is 14.7 Å². The van der Waals surface area contributed by atoms with Crippen molar-refractivity contribution in [3.8, 4) is 0 Å². The minimum atomic E-state index is -1.12. The van der Waals surface area contributed by atoms with E-state index in [0.717, 1.165) is 0 Å². The SMILES string of the molecule is CC(C)C1(C)N=CN(c2ncccc2C(=O)O)C1=O.CC(C)N. The normalized spacial score (nSPS) is 20.0. The zero-order valence-electron chi connectivity index (χ0n) is 14.1. The van der Waals surface area contributed by atoms with Crippen molar-refractivity contribution in [3.05, 3.63) is 23.9 Å². The van der Waals surface area contributed by atoms with Crippen LogP contribution >= 0.6 is 0 Å². The van der Waals surface area contributed by atoms with Crippen molar-refractivity contribution in [2.24, 2.45) is 16.6 Å². The minimum Gasteiger partial charge on any atom is -0.478 e. The van der Waals surface area contributed by atoms with Gasteiger partial charge in [-0.15, -0.1) is 0 Å². The third-order valence-electron chi connectivity index (χ3n) is 3.46. The molecule has 1 aliphatic rings. The van der Waals surface area contributed by atoms with Gasteiger partial charge in [0.2, 0.25) is 0 Å². The van der Waals surface area contributed by atoms with Crippen LogP contribution in [0.15, 0.2) is 23.3 Å². The van der Waals surface area contributed by atoms with Crippen molar-refractivity contribution in [1.29, 1.82) is 0 Å². The smallest absolute Gasteiger partial charge is 0.339 e. The highest BCUT2D eigenvalue weighted by Crippen LogP contribution is 2.31. The van der Waals surface area contributed by atoms with Gasteiger partial charge in [-0.1, -0.05) is 27.7 Å². The Labute approximate surface area is 136 Å². The van der Waals surface area contributed by atoms with Gasteiger partial charge in [-0.05, 0) is 31.0 Å². The number of aromatic nitrogens is 1. The molecule has 1 aromatic heterocycles. The lowest BCUT2D eigenvalue weighted by Gasteiger charge is -2.25. The fourth-order valence-corrected chi connectivity index (χ4v) is 1.83. The second-order valence-electron chi connectivity index (χ2n) is 6.15. The number of rotatable bonds is 3. The fourth-order valence-electron chi connectivity index (χ4n) is 1.83. The lowest BCUT2D eigenvalue weighted by atomic mass is 9.89. The topological polar surface area (TPSA) is 109 Å². The van der Waals surface area contributed by atoms with Crippen LogP contribution in [-0.4, -0.2) is 39.9 Å². The van der Waals surface area contributed by atoms with Crippen LogP contribution in [0.1, 0.15) is 45.0 Å². The van der Waals surface area contributed by atoms with Crippen LogP contribution in [0, 0.1) is 5.92 Å². The second kappa shape index (κ2) is 7.32. The standard InChI is InChI=1S/C13H15N3O3.C3H9N/c1-8(2)13(3)12(19)16(7-15-13)10-9(11(17)18)5-4-6-14-10;1-3(2)4/h4-8H,1-3H3,(H,17,18);3H,4H2,1-2H3. The van der Waals surface area contributed by atoms with E-state index >= 15 is 0 Å². The highest BCUT2D eigenvalue weighted by Gasteiger charge is 2.44. The van der Waals surface area contributed by atoms with Gasteiger partial charge >= 0.3 is 5.97 Å². The molecule has 1 aromatic rings. The molecule has 1 aliphatic heterocycles. The minimum absolute atomic E-state index is 0.0123. The molecule has 0 fully saturated rings. The zero-order valence-corrected chi connectivity index (χ0v) is 14.1. The Balaban J connectivity index is 0.000000593. The summed E-state index contributed by atoms with van der Waals surface area (Å²) in [6.45, 7) is 9.42. The molecule has 1 unspecified atom stereocenters. The van der Waals surface area contributed by atoms with Gasteiger partial charge in [-0.25, -0.2) is 9.78 Å². The van der Waals surface area contributed by atoms with E-state index in [-0.39, 0.29) is 23.2 Å². The predicted molar refractivity (Wildman–Crippen MR) is 89.7 cm³/mol. The molecule has 126 valence electrons. The zero-order chi connectivity index (χ0) is 17.8. The number of hydrogen-bond acceptors (Lipinski definition) is 5. The monoisotopic (exact) mass is 320 g/mol. The number of carboxylic acids is 1. The van der Waals surface area contributed by atoms with E-state index in [1.54, 1.807) is 6.92 Å². The summed E-state index contributed by atoms with van der Waals surface area (Å²) >= 11 is 0. The van der Waals surface area contributed by atoms with Gasteiger partial charge in [0.25, 0.3) is 5.91 Å². The molecular formula is C16H24N4O3. The summed E-state index contributed by atoms with van der Waals surface area (Å²) in [4.78, 5) is 33.0. The summed E-state index contributed by atoms with van der Waals surface area (Å²) in [6.07, 6.45) is 2.81. The summed E-state index contributed by atoms with van der Waals surface area (Å²) in [5.41, 5.74) is 4.23. The largest absolute Gasteiger partial charge is 0.478 e. The number of aliphatic imine (C=N–C) groups is 1. The summed E-state index contributed by atoms with van der Waals surface area (Å²) in [5, 5.41) is 9.13. The average Bonchev–Trinajstić information content (AvgIpc) is 2.76. The maximum Gasteiger partial charge on any atom is 0.339 e. The molecule has 0 saturated carbocycles. The van der Waals surface area contributed by atoms with Gasteiger partial charge in [0, 0.05) is 6.20 Å². The van der Waals surface area contributed by atoms with Crippen LogP contribution in [0.3, 0.4) is 0 Å². The molecule has 7 heteroatoms. The van der Waals surface area contributed by atoms with Gasteiger partial charge < -0.3 is 10.8 Å². The molecular weight excluding hydrogens is 296 g/mol. The van der Waals surface area contributed by atoms with Gasteiger partial charge in [0.05, 0.1) is 6.34 Å². The number of nitrogens with two attached hydrogens (primary N) is 1. The van der Waals surface area contributed by atoms with Gasteiger partial charge in [0.1, 0.15) is 11.1 Å². The van der Waals surface area contributed by atoms with E-state index in [4.69, 9.17) is 10.8 Å². The number of anilines is 1. The molecule has 0 saturated heterocycles. The Bertz CT molecular complexity index is 610. The molecule has 2 rings (SSSR count). The van der Waals surface area contributed by atoms with E-state index in [2.05, 4.69) is 9.98 Å². The van der Waals surface area contributed by atoms with Crippen molar-refractivity contribution in [2.75, 3.05) is 4.90 Å². The average molecular weight is 320 g/mol. The first kappa shape index (κ1) is 18.8. The number of aromatic carboxylic acids is 1. The predicted octanol–water partition coefficient (Wildman–Crippen LogP) is 1.92. The highest BCUT2D eigenvalue weighted by molar-refractivity contribution is 6.18. The summed E-state index contributed by atoms with van der Waals surface area (Å²) in [6, 6.07) is 3.27. The van der Waals surface area contributed by atoms with Crippen LogP contribution in [0.2, 0.25) is 0 Å². The second-order valence-corrected chi connectivity index (χ2v) is 6.15. The Morgan fingerprint density at radius 2 is 1.91 bits per heavy atom. The molecule has 3 N–H and O–H groups in total. The molecule has 2 heterocycles. The molecule has 0 bridgehead atoms. The Morgan fingerprint density at radius 3 is 2.35 bits per heavy atom. The summed E-state index contributed by atoms with van der Waals surface area (Å²) in [7, 11) is 0. The van der Waals surface area contributed by atoms with E-state index < -0.39 is 11.5 Å². The first-order chi connectivity index (χ1) is 10.6. The molecule has 0 spiro atoms. The number of amides is 1. The Morgan fingerprint density at radius 1 is 1.35 bits per heavy atom. The fraction of sp³-hybridized carbons (Fsp3) is 0.500. The van der Waals surface area contributed by atoms with E-state index in [1.807, 2.05) is 27.7 Å². The Hall–Kier alpha value is -2.28. The van der Waals surface area contributed by atoms with Crippen LogP contribution < -0.4 is 10.6 Å². The van der Waals surface area contributed by atoms with Crippen LogP contribution in [0.4, 0.5) is 5.82 Å². The van der Waals surface area contributed by atoms with Crippen LogP contribution in [0.5, 0.6) is 0 Å². The van der Waals surface area contributed by atoms with Crippen LogP contribution in [-0.2, 0) is 4.79 Å². The lowest BCUT2D eigenvalue weighted by molar-refractivity contribution is -0.122. The van der Waals surface area contributed by atoms with Crippen molar-refractivity contribution in [3.63, 3.8) is 0 Å². The quantitative estimate of drug-likeness (QED) is 0.884. The Kier molecular flexibility index (Phi) is 5.98. The number of carbonyl (C=O) groups is 2. The molecule has 0 radical (unpaired) electrons. The first-order valence-corrected chi connectivity index (χ1v) is 7.44. The van der Waals surface area contributed by atoms with Crippen molar-refractivity contribution in [2.45, 2.75) is 46.2 Å². The molecule has 1 atom stereocenters. The third kappa shape index (κ3) is 4.13. The maximum absolute atomic E-state index is 12.4. The third-order valence-corrected chi connectivity index (χ3v) is 3.46. The van der Waals surface area contributed by atoms with Crippen molar-refractivity contribution >= 4 is 24.0 Å². The molecule has 7 nitrogen and oxygen atoms in total. The number of nitrogens with zero attached hydrogens (tertiary/aromatic N) is 3. The lowest BCUT2D eigenvalue weighted by Crippen LogP contribution is -2.43. The highest BCUT2D eigenvalue weighted by atomic mass is 16.4. The van der Waals surface area contributed by atoms with Crippen molar-refractivity contribution < 1.29 is 14.7 Å². The molecule has 23 heavy (non-hydrogen) atoms. The maximum atomic E-state index is 12.4.